The van der Waals surface area contributed by atoms with Gasteiger partial charge >= 0.3 is 0 Å². The van der Waals surface area contributed by atoms with Gasteiger partial charge in [0.15, 0.2) is 0 Å². The molecule has 0 bridgehead atoms. The van der Waals surface area contributed by atoms with Crippen molar-refractivity contribution in [1.29, 1.82) is 0 Å². The number of likely N-dealkylation sites (tertiary alicyclic amines) is 1. The highest BCUT2D eigenvalue weighted by Crippen LogP contribution is 2.22. The maximum absolute atomic E-state index is 13.4. The van der Waals surface area contributed by atoms with E-state index in [0.29, 0.717) is 30.6 Å². The van der Waals surface area contributed by atoms with Crippen LogP contribution in [0.3, 0.4) is 0 Å². The van der Waals surface area contributed by atoms with Gasteiger partial charge in [-0.15, -0.1) is 0 Å². The van der Waals surface area contributed by atoms with Crippen molar-refractivity contribution in [3.63, 3.8) is 0 Å². The SMILES string of the molecule is CC[C@H]1CCCN1C(=O)c1cc(C(=O)N[C@@H](Cc2ccccc2)[C@@H](N)C[C@@H](C)C(=O)Nc2ccc(F)cc2)ccn1. The lowest BCUT2D eigenvalue weighted by atomic mass is 9.92. The number of hydrogen-bond donors (Lipinski definition) is 3. The average molecular weight is 560 g/mol. The van der Waals surface area contributed by atoms with E-state index < -0.39 is 18.0 Å². The van der Waals surface area contributed by atoms with Gasteiger partial charge in [-0.2, -0.15) is 0 Å². The van der Waals surface area contributed by atoms with Crippen LogP contribution in [0, 0.1) is 11.7 Å². The molecule has 0 radical (unpaired) electrons. The molecule has 4 rings (SSSR count). The van der Waals surface area contributed by atoms with E-state index in [1.54, 1.807) is 13.0 Å². The van der Waals surface area contributed by atoms with E-state index >= 15 is 0 Å². The minimum atomic E-state index is -0.550. The van der Waals surface area contributed by atoms with Crippen LogP contribution >= 0.6 is 0 Å². The molecule has 4 N–H and O–H groups in total. The van der Waals surface area contributed by atoms with Gasteiger partial charge in [0, 0.05) is 48.0 Å². The topological polar surface area (TPSA) is 117 Å². The second-order valence-electron chi connectivity index (χ2n) is 10.7. The number of anilines is 1. The summed E-state index contributed by atoms with van der Waals surface area (Å²) in [5, 5.41) is 5.83. The Morgan fingerprint density at radius 2 is 1.83 bits per heavy atom. The van der Waals surface area contributed by atoms with Crippen molar-refractivity contribution in [2.75, 3.05) is 11.9 Å². The van der Waals surface area contributed by atoms with E-state index in [0.717, 1.165) is 24.8 Å². The first-order valence-electron chi connectivity index (χ1n) is 14.2. The zero-order chi connectivity index (χ0) is 29.4. The lowest BCUT2D eigenvalue weighted by molar-refractivity contribution is -0.119. The number of benzene rings is 2. The Balaban J connectivity index is 1.46. The zero-order valence-corrected chi connectivity index (χ0v) is 23.6. The van der Waals surface area contributed by atoms with Crippen LogP contribution in [0.1, 0.15) is 65.9 Å². The molecule has 9 heteroatoms. The molecule has 1 saturated heterocycles. The number of halogens is 1. The predicted molar refractivity (Wildman–Crippen MR) is 157 cm³/mol. The normalized spacial score (nSPS) is 17.0. The van der Waals surface area contributed by atoms with Gasteiger partial charge in [0.2, 0.25) is 5.91 Å². The fraction of sp³-hybridized carbons (Fsp3) is 0.375. The maximum Gasteiger partial charge on any atom is 0.272 e. The number of nitrogens with zero attached hydrogens (tertiary/aromatic N) is 2. The molecule has 2 aromatic carbocycles. The first kappa shape index (κ1) is 29.9. The van der Waals surface area contributed by atoms with Crippen LogP contribution in [0.4, 0.5) is 10.1 Å². The second kappa shape index (κ2) is 14.0. The molecule has 0 saturated carbocycles. The summed E-state index contributed by atoms with van der Waals surface area (Å²) >= 11 is 0. The summed E-state index contributed by atoms with van der Waals surface area (Å²) in [4.78, 5) is 45.5. The molecule has 3 aromatic rings. The van der Waals surface area contributed by atoms with Gasteiger partial charge < -0.3 is 21.3 Å². The third-order valence-corrected chi connectivity index (χ3v) is 7.67. The summed E-state index contributed by atoms with van der Waals surface area (Å²) in [5.41, 5.74) is 8.67. The Morgan fingerprint density at radius 3 is 2.54 bits per heavy atom. The van der Waals surface area contributed by atoms with Crippen molar-refractivity contribution >= 4 is 23.4 Å². The first-order valence-corrected chi connectivity index (χ1v) is 14.2. The Hall–Kier alpha value is -4.11. The quantitative estimate of drug-likeness (QED) is 0.318. The zero-order valence-electron chi connectivity index (χ0n) is 23.6. The highest BCUT2D eigenvalue weighted by atomic mass is 19.1. The summed E-state index contributed by atoms with van der Waals surface area (Å²) in [6, 6.07) is 17.5. The molecular formula is C32H38FN5O3. The van der Waals surface area contributed by atoms with Crippen molar-refractivity contribution in [3.8, 4) is 0 Å². The second-order valence-corrected chi connectivity index (χ2v) is 10.7. The van der Waals surface area contributed by atoms with E-state index in [9.17, 15) is 18.8 Å². The maximum atomic E-state index is 13.4. The largest absolute Gasteiger partial charge is 0.347 e. The van der Waals surface area contributed by atoms with Crippen LogP contribution in [-0.2, 0) is 11.2 Å². The van der Waals surface area contributed by atoms with Crippen molar-refractivity contribution in [1.82, 2.24) is 15.2 Å². The highest BCUT2D eigenvalue weighted by Gasteiger charge is 2.30. The minimum Gasteiger partial charge on any atom is -0.347 e. The number of pyridine rings is 1. The van der Waals surface area contributed by atoms with Crippen molar-refractivity contribution in [2.24, 2.45) is 11.7 Å². The molecule has 4 atom stereocenters. The van der Waals surface area contributed by atoms with Crippen LogP contribution in [0.15, 0.2) is 72.9 Å². The fourth-order valence-electron chi connectivity index (χ4n) is 5.27. The average Bonchev–Trinajstić information content (AvgIpc) is 3.47. The van der Waals surface area contributed by atoms with Gasteiger partial charge in [0.1, 0.15) is 11.5 Å². The third-order valence-electron chi connectivity index (χ3n) is 7.67. The van der Waals surface area contributed by atoms with Gasteiger partial charge in [-0.25, -0.2) is 4.39 Å². The number of carbonyl (C=O) groups excluding carboxylic acids is 3. The minimum absolute atomic E-state index is 0.164. The van der Waals surface area contributed by atoms with Gasteiger partial charge in [-0.1, -0.05) is 44.2 Å². The predicted octanol–water partition coefficient (Wildman–Crippen LogP) is 4.57. The Labute approximate surface area is 240 Å². The van der Waals surface area contributed by atoms with Crippen LogP contribution in [-0.4, -0.2) is 52.3 Å². The molecule has 0 aliphatic carbocycles. The molecule has 0 unspecified atom stereocenters. The van der Waals surface area contributed by atoms with Crippen molar-refractivity contribution in [3.05, 3.63) is 95.6 Å². The van der Waals surface area contributed by atoms with E-state index in [2.05, 4.69) is 22.5 Å². The monoisotopic (exact) mass is 559 g/mol. The number of carbonyl (C=O) groups is 3. The third kappa shape index (κ3) is 7.98. The summed E-state index contributed by atoms with van der Waals surface area (Å²) in [6.45, 7) is 4.52. The van der Waals surface area contributed by atoms with Crippen LogP contribution in [0.5, 0.6) is 0 Å². The Morgan fingerprint density at radius 1 is 1.10 bits per heavy atom. The molecule has 1 fully saturated rings. The molecule has 0 spiro atoms. The number of nitrogens with two attached hydrogens (primary N) is 1. The molecule has 1 aliphatic heterocycles. The smallest absolute Gasteiger partial charge is 0.272 e. The van der Waals surface area contributed by atoms with Crippen molar-refractivity contribution in [2.45, 2.75) is 64.1 Å². The van der Waals surface area contributed by atoms with Crippen LogP contribution < -0.4 is 16.4 Å². The first-order chi connectivity index (χ1) is 19.7. The Bertz CT molecular complexity index is 1330. The number of rotatable bonds is 11. The van der Waals surface area contributed by atoms with Gasteiger partial charge in [-0.3, -0.25) is 19.4 Å². The van der Waals surface area contributed by atoms with E-state index in [1.165, 1.54) is 36.5 Å². The standard InChI is InChI=1S/C32H38FN5O3/c1-3-26-10-7-17-38(26)32(41)29-20-23(15-16-35-29)31(40)37-28(19-22-8-5-4-6-9-22)27(34)18-21(2)30(39)36-25-13-11-24(33)12-14-25/h4-6,8-9,11-16,20-21,26-28H,3,7,10,17-19,34H2,1-2H3,(H,36,39)(H,37,40)/t21-,26+,27+,28+/m1/s1. The lowest BCUT2D eigenvalue weighted by Crippen LogP contribution is -2.50. The fourth-order valence-corrected chi connectivity index (χ4v) is 5.27. The lowest BCUT2D eigenvalue weighted by Gasteiger charge is -2.27. The van der Waals surface area contributed by atoms with Crippen LogP contribution in [0.2, 0.25) is 0 Å². The number of aromatic nitrogens is 1. The van der Waals surface area contributed by atoms with Crippen LogP contribution in [0.25, 0.3) is 0 Å². The molecule has 1 aliphatic rings. The molecule has 1 aromatic heterocycles. The Kier molecular flexibility index (Phi) is 10.2. The van der Waals surface area contributed by atoms with E-state index in [4.69, 9.17) is 5.73 Å². The summed E-state index contributed by atoms with van der Waals surface area (Å²) in [7, 11) is 0. The highest BCUT2D eigenvalue weighted by molar-refractivity contribution is 5.98. The van der Waals surface area contributed by atoms with E-state index in [1.807, 2.05) is 35.2 Å². The van der Waals surface area contributed by atoms with Gasteiger partial charge in [0.25, 0.3) is 11.8 Å². The molecule has 3 amide bonds. The molecule has 41 heavy (non-hydrogen) atoms. The number of hydrogen-bond acceptors (Lipinski definition) is 5. The number of amides is 3. The molecule has 8 nitrogen and oxygen atoms in total. The summed E-state index contributed by atoms with van der Waals surface area (Å²) in [6.07, 6.45) is 5.06. The molecule has 216 valence electrons. The molecular weight excluding hydrogens is 521 g/mol. The number of nitrogens with one attached hydrogen (secondary N) is 2. The van der Waals surface area contributed by atoms with Gasteiger partial charge in [0.05, 0.1) is 0 Å². The summed E-state index contributed by atoms with van der Waals surface area (Å²) < 4.78 is 13.2. The molecule has 2 heterocycles. The van der Waals surface area contributed by atoms with Crippen molar-refractivity contribution < 1.29 is 18.8 Å². The van der Waals surface area contributed by atoms with E-state index in [-0.39, 0.29) is 35.3 Å². The van der Waals surface area contributed by atoms with Gasteiger partial charge in [-0.05, 0) is 74.1 Å². The summed E-state index contributed by atoms with van der Waals surface area (Å²) in [5.74, 6) is -1.63.